The number of carboxylic acid groups (broad SMARTS) is 1. The van der Waals surface area contributed by atoms with Gasteiger partial charge in [-0.2, -0.15) is 4.98 Å². The lowest BCUT2D eigenvalue weighted by Crippen LogP contribution is -2.12. The van der Waals surface area contributed by atoms with Crippen molar-refractivity contribution in [1.82, 2.24) is 19.7 Å². The van der Waals surface area contributed by atoms with Crippen molar-refractivity contribution in [3.8, 4) is 0 Å². The monoisotopic (exact) mass is 366 g/mol. The largest absolute Gasteiger partial charge is 0.475 e. The molecule has 0 amide bonds. The first-order chi connectivity index (χ1) is 10.0. The number of nitrogens with zero attached hydrogens (tertiary/aromatic N) is 4. The van der Waals surface area contributed by atoms with Crippen LogP contribution in [0.25, 0.3) is 10.9 Å². The molecule has 3 rings (SSSR count). The second-order valence-corrected chi connectivity index (χ2v) is 5.49. The van der Waals surface area contributed by atoms with Crippen molar-refractivity contribution in [2.24, 2.45) is 0 Å². The smallest absolute Gasteiger partial charge is 0.373 e. The number of pyridine rings is 1. The second-order valence-electron chi connectivity index (χ2n) is 4.35. The van der Waals surface area contributed by atoms with Crippen LogP contribution in [0.3, 0.4) is 0 Å². The quantitative estimate of drug-likeness (QED) is 0.769. The molecule has 2 aromatic heterocycles. The van der Waals surface area contributed by atoms with Crippen molar-refractivity contribution in [2.45, 2.75) is 6.54 Å². The van der Waals surface area contributed by atoms with E-state index in [-0.39, 0.29) is 10.6 Å². The molecule has 1 aromatic carbocycles. The van der Waals surface area contributed by atoms with E-state index < -0.39 is 5.97 Å². The number of aromatic nitrogens is 4. The lowest BCUT2D eigenvalue weighted by Gasteiger charge is -2.05. The average molecular weight is 368 g/mol. The summed E-state index contributed by atoms with van der Waals surface area (Å²) in [6.07, 6.45) is 1.58. The lowest BCUT2D eigenvalue weighted by atomic mass is 10.1. The summed E-state index contributed by atoms with van der Waals surface area (Å²) in [5, 5.41) is 14.6. The number of carboxylic acids is 1. The summed E-state index contributed by atoms with van der Waals surface area (Å²) < 4.78 is 1.57. The van der Waals surface area contributed by atoms with E-state index in [9.17, 15) is 4.79 Å². The van der Waals surface area contributed by atoms with Crippen LogP contribution in [0.15, 0.2) is 35.2 Å². The minimum atomic E-state index is -1.13. The number of hydrogen-bond acceptors (Lipinski definition) is 4. The van der Waals surface area contributed by atoms with E-state index in [2.05, 4.69) is 31.0 Å². The highest BCUT2D eigenvalue weighted by Crippen LogP contribution is 2.19. The van der Waals surface area contributed by atoms with Gasteiger partial charge in [0.25, 0.3) is 0 Å². The Hall–Kier alpha value is -1.99. The Kier molecular flexibility index (Phi) is 3.60. The number of aromatic carboxylic acids is 1. The van der Waals surface area contributed by atoms with Crippen molar-refractivity contribution in [3.63, 3.8) is 0 Å². The van der Waals surface area contributed by atoms with Gasteiger partial charge in [0, 0.05) is 11.6 Å². The maximum Gasteiger partial charge on any atom is 0.373 e. The molecule has 106 valence electrons. The van der Waals surface area contributed by atoms with Gasteiger partial charge in [0.05, 0.1) is 17.1 Å². The maximum absolute atomic E-state index is 11.1. The highest BCUT2D eigenvalue weighted by Gasteiger charge is 2.15. The SMILES string of the molecule is O=C(O)c1nc(Br)nn1Cc1ccc2ncc(Cl)cc2c1. The number of carbonyl (C=O) groups is 1. The summed E-state index contributed by atoms with van der Waals surface area (Å²) in [5.74, 6) is -1.25. The van der Waals surface area contributed by atoms with Gasteiger partial charge in [-0.25, -0.2) is 9.48 Å². The summed E-state index contributed by atoms with van der Waals surface area (Å²) in [4.78, 5) is 19.1. The van der Waals surface area contributed by atoms with E-state index >= 15 is 0 Å². The molecule has 0 bridgehead atoms. The molecule has 3 aromatic rings. The zero-order valence-corrected chi connectivity index (χ0v) is 12.8. The number of rotatable bonds is 3. The number of hydrogen-bond donors (Lipinski definition) is 1. The Labute approximate surface area is 132 Å². The number of halogens is 2. The predicted octanol–water partition coefficient (Wildman–Crippen LogP) is 2.99. The second kappa shape index (κ2) is 5.42. The fourth-order valence-electron chi connectivity index (χ4n) is 2.01. The molecule has 1 N–H and O–H groups in total. The first-order valence-electron chi connectivity index (χ1n) is 5.91. The van der Waals surface area contributed by atoms with Gasteiger partial charge in [-0.15, -0.1) is 5.10 Å². The fraction of sp³-hybridized carbons (Fsp3) is 0.0769. The molecule has 0 fully saturated rings. The predicted molar refractivity (Wildman–Crippen MR) is 80.5 cm³/mol. The van der Waals surface area contributed by atoms with E-state index in [4.69, 9.17) is 16.7 Å². The van der Waals surface area contributed by atoms with Crippen LogP contribution in [0, 0.1) is 0 Å². The van der Waals surface area contributed by atoms with Crippen LogP contribution in [0.4, 0.5) is 0 Å². The van der Waals surface area contributed by atoms with E-state index in [1.807, 2.05) is 24.3 Å². The lowest BCUT2D eigenvalue weighted by molar-refractivity contribution is 0.0677. The van der Waals surface area contributed by atoms with Crippen LogP contribution >= 0.6 is 27.5 Å². The van der Waals surface area contributed by atoms with Crippen molar-refractivity contribution in [2.75, 3.05) is 0 Å². The van der Waals surface area contributed by atoms with Crippen molar-refractivity contribution >= 4 is 44.4 Å². The van der Waals surface area contributed by atoms with Gasteiger partial charge >= 0.3 is 5.97 Å². The highest BCUT2D eigenvalue weighted by atomic mass is 79.9. The van der Waals surface area contributed by atoms with Gasteiger partial charge < -0.3 is 5.11 Å². The van der Waals surface area contributed by atoms with Gasteiger partial charge in [0.15, 0.2) is 0 Å². The van der Waals surface area contributed by atoms with Crippen LogP contribution in [-0.4, -0.2) is 30.8 Å². The molecule has 0 saturated carbocycles. The molecule has 0 spiro atoms. The molecule has 0 unspecified atom stereocenters. The molecule has 0 saturated heterocycles. The third-order valence-corrected chi connectivity index (χ3v) is 3.42. The first kappa shape index (κ1) is 14.0. The molecule has 2 heterocycles. The molecule has 0 aliphatic carbocycles. The summed E-state index contributed by atoms with van der Waals surface area (Å²) >= 11 is 9.01. The Morgan fingerprint density at radius 3 is 2.95 bits per heavy atom. The highest BCUT2D eigenvalue weighted by molar-refractivity contribution is 9.10. The topological polar surface area (TPSA) is 80.9 Å². The standard InChI is InChI=1S/C13H8BrClN4O2/c14-13-17-11(12(20)21)19(18-13)6-7-1-2-10-8(3-7)4-9(15)5-16-10/h1-5H,6H2,(H,20,21). The molecule has 0 atom stereocenters. The Morgan fingerprint density at radius 2 is 2.19 bits per heavy atom. The maximum atomic E-state index is 11.1. The normalized spacial score (nSPS) is 11.0. The van der Waals surface area contributed by atoms with Gasteiger partial charge in [0.2, 0.25) is 10.6 Å². The van der Waals surface area contributed by atoms with Crippen LogP contribution in [0.5, 0.6) is 0 Å². The van der Waals surface area contributed by atoms with E-state index in [0.717, 1.165) is 16.5 Å². The van der Waals surface area contributed by atoms with Crippen molar-refractivity contribution in [1.29, 1.82) is 0 Å². The molecular formula is C13H8BrClN4O2. The van der Waals surface area contributed by atoms with Crippen LogP contribution in [0.1, 0.15) is 16.2 Å². The average Bonchev–Trinajstić information content (AvgIpc) is 2.79. The molecule has 21 heavy (non-hydrogen) atoms. The van der Waals surface area contributed by atoms with Crippen molar-refractivity contribution < 1.29 is 9.90 Å². The van der Waals surface area contributed by atoms with Gasteiger partial charge in [0.1, 0.15) is 0 Å². The molecule has 0 radical (unpaired) electrons. The minimum Gasteiger partial charge on any atom is -0.475 e. The van der Waals surface area contributed by atoms with E-state index in [0.29, 0.717) is 11.6 Å². The van der Waals surface area contributed by atoms with Crippen LogP contribution < -0.4 is 0 Å². The Morgan fingerprint density at radius 1 is 1.38 bits per heavy atom. The number of fused-ring (bicyclic) bond motifs is 1. The van der Waals surface area contributed by atoms with Gasteiger partial charge in [-0.1, -0.05) is 17.7 Å². The molecule has 0 aliphatic heterocycles. The first-order valence-corrected chi connectivity index (χ1v) is 7.08. The summed E-state index contributed by atoms with van der Waals surface area (Å²) in [6.45, 7) is 0.294. The molecule has 6 nitrogen and oxygen atoms in total. The summed E-state index contributed by atoms with van der Waals surface area (Å²) in [7, 11) is 0. The number of benzene rings is 1. The van der Waals surface area contributed by atoms with Crippen molar-refractivity contribution in [3.05, 3.63) is 51.6 Å². The van der Waals surface area contributed by atoms with E-state index in [1.54, 1.807) is 6.20 Å². The minimum absolute atomic E-state index is 0.119. The summed E-state index contributed by atoms with van der Waals surface area (Å²) in [5.41, 5.74) is 1.70. The van der Waals surface area contributed by atoms with Crippen LogP contribution in [-0.2, 0) is 6.54 Å². The molecular weight excluding hydrogens is 360 g/mol. The summed E-state index contributed by atoms with van der Waals surface area (Å²) in [6, 6.07) is 7.43. The third kappa shape index (κ3) is 2.88. The van der Waals surface area contributed by atoms with Gasteiger partial charge in [-0.3, -0.25) is 4.98 Å². The Balaban J connectivity index is 2.00. The van der Waals surface area contributed by atoms with Gasteiger partial charge in [-0.05, 0) is 39.7 Å². The Bertz CT molecular complexity index is 849. The van der Waals surface area contributed by atoms with E-state index in [1.165, 1.54) is 4.68 Å². The fourth-order valence-corrected chi connectivity index (χ4v) is 2.53. The molecule has 8 heteroatoms. The zero-order valence-electron chi connectivity index (χ0n) is 10.5. The van der Waals surface area contributed by atoms with Crippen LogP contribution in [0.2, 0.25) is 5.02 Å². The zero-order chi connectivity index (χ0) is 15.0. The third-order valence-electron chi connectivity index (χ3n) is 2.88. The molecule has 0 aliphatic rings.